The average Bonchev–Trinajstić information content (AvgIpc) is 2.32. The number of aryl methyl sites for hydroxylation is 1. The third-order valence-electron chi connectivity index (χ3n) is 4.05. The first-order valence-corrected chi connectivity index (χ1v) is 7.64. The molecule has 2 atom stereocenters. The summed E-state index contributed by atoms with van der Waals surface area (Å²) in [5.74, 6) is 1.66. The molecule has 2 heteroatoms. The normalized spacial score (nSPS) is 25.1. The van der Waals surface area contributed by atoms with Crippen LogP contribution in [0, 0.1) is 18.8 Å². The summed E-state index contributed by atoms with van der Waals surface area (Å²) in [6, 6.07) is 6.81. The van der Waals surface area contributed by atoms with Crippen molar-refractivity contribution in [2.45, 2.75) is 32.5 Å². The van der Waals surface area contributed by atoms with Crippen LogP contribution in [0.1, 0.15) is 31.4 Å². The first-order valence-electron chi connectivity index (χ1n) is 6.52. The second-order valence-corrected chi connectivity index (χ2v) is 6.02. The molecule has 94 valence electrons. The molecule has 1 aromatic rings. The molecule has 1 aliphatic rings. The topological polar surface area (TPSA) is 3.24 Å². The van der Waals surface area contributed by atoms with E-state index in [-0.39, 0.29) is 0 Å². The van der Waals surface area contributed by atoms with Gasteiger partial charge in [-0.2, -0.15) is 0 Å². The second kappa shape index (κ2) is 5.43. The van der Waals surface area contributed by atoms with E-state index in [1.54, 1.807) is 0 Å². The first-order chi connectivity index (χ1) is 8.11. The highest BCUT2D eigenvalue weighted by molar-refractivity contribution is 9.08. The van der Waals surface area contributed by atoms with Gasteiger partial charge >= 0.3 is 0 Å². The summed E-state index contributed by atoms with van der Waals surface area (Å²) >= 11 is 3.61. The van der Waals surface area contributed by atoms with E-state index in [1.807, 2.05) is 0 Å². The molecule has 1 nitrogen and oxygen atoms in total. The Balaban J connectivity index is 2.22. The van der Waals surface area contributed by atoms with Crippen LogP contribution in [-0.4, -0.2) is 13.1 Å². The molecule has 1 aromatic carbocycles. The van der Waals surface area contributed by atoms with Crippen LogP contribution in [0.15, 0.2) is 18.2 Å². The molecule has 0 saturated carbocycles. The molecule has 17 heavy (non-hydrogen) atoms. The fourth-order valence-corrected chi connectivity index (χ4v) is 3.06. The molecule has 1 saturated heterocycles. The van der Waals surface area contributed by atoms with Gasteiger partial charge in [-0.25, -0.2) is 0 Å². The summed E-state index contributed by atoms with van der Waals surface area (Å²) in [5.41, 5.74) is 4.19. The second-order valence-electron chi connectivity index (χ2n) is 5.46. The van der Waals surface area contributed by atoms with Gasteiger partial charge in [-0.3, -0.25) is 0 Å². The van der Waals surface area contributed by atoms with E-state index in [0.29, 0.717) is 0 Å². The highest BCUT2D eigenvalue weighted by atomic mass is 79.9. The summed E-state index contributed by atoms with van der Waals surface area (Å²) < 4.78 is 0. The Bertz CT molecular complexity index is 389. The molecule has 0 aliphatic carbocycles. The number of rotatable bonds is 2. The fraction of sp³-hybridized carbons (Fsp3) is 0.600. The van der Waals surface area contributed by atoms with E-state index in [2.05, 4.69) is 59.8 Å². The van der Waals surface area contributed by atoms with E-state index in [4.69, 9.17) is 0 Å². The number of anilines is 1. The van der Waals surface area contributed by atoms with Crippen LogP contribution in [0.4, 0.5) is 5.69 Å². The van der Waals surface area contributed by atoms with Crippen LogP contribution in [0.2, 0.25) is 0 Å². The van der Waals surface area contributed by atoms with Crippen molar-refractivity contribution in [3.63, 3.8) is 0 Å². The Kier molecular flexibility index (Phi) is 4.13. The Morgan fingerprint density at radius 3 is 2.71 bits per heavy atom. The summed E-state index contributed by atoms with van der Waals surface area (Å²) in [6.45, 7) is 9.32. The molecular weight excluding hydrogens is 274 g/mol. The highest BCUT2D eigenvalue weighted by Gasteiger charge is 2.23. The summed E-state index contributed by atoms with van der Waals surface area (Å²) in [6.07, 6.45) is 1.32. The number of nitrogens with zero attached hydrogens (tertiary/aromatic N) is 1. The molecule has 1 heterocycles. The third-order valence-corrected chi connectivity index (χ3v) is 4.66. The quantitative estimate of drug-likeness (QED) is 0.732. The minimum absolute atomic E-state index is 0.799. The zero-order chi connectivity index (χ0) is 12.4. The zero-order valence-electron chi connectivity index (χ0n) is 11.0. The lowest BCUT2D eigenvalue weighted by Crippen LogP contribution is -2.38. The van der Waals surface area contributed by atoms with Crippen LogP contribution in [0.3, 0.4) is 0 Å². The SMILES string of the molecule is Cc1ccc(N2CCC(C)C(C)C2)c(CBr)c1. The molecule has 0 spiro atoms. The number of hydrogen-bond acceptors (Lipinski definition) is 1. The number of benzene rings is 1. The van der Waals surface area contributed by atoms with Crippen LogP contribution < -0.4 is 4.90 Å². The van der Waals surface area contributed by atoms with Gasteiger partial charge in [-0.15, -0.1) is 0 Å². The summed E-state index contributed by atoms with van der Waals surface area (Å²) in [7, 11) is 0. The van der Waals surface area contributed by atoms with E-state index < -0.39 is 0 Å². The molecule has 1 aliphatic heterocycles. The van der Waals surface area contributed by atoms with Crippen LogP contribution in [-0.2, 0) is 5.33 Å². The van der Waals surface area contributed by atoms with Gasteiger partial charge in [0.15, 0.2) is 0 Å². The van der Waals surface area contributed by atoms with E-state index in [0.717, 1.165) is 17.2 Å². The predicted molar refractivity (Wildman–Crippen MR) is 79.0 cm³/mol. The summed E-state index contributed by atoms with van der Waals surface area (Å²) in [5, 5.41) is 0.949. The number of hydrogen-bond donors (Lipinski definition) is 0. The minimum atomic E-state index is 0.799. The first kappa shape index (κ1) is 12.9. The number of halogens is 1. The maximum atomic E-state index is 3.61. The molecule has 1 fully saturated rings. The standard InChI is InChI=1S/C15H22BrN/c1-11-4-5-15(14(8-11)9-16)17-7-6-12(2)13(3)10-17/h4-5,8,12-13H,6-7,9-10H2,1-3H3. The van der Waals surface area contributed by atoms with Gasteiger partial charge in [0.1, 0.15) is 0 Å². The zero-order valence-corrected chi connectivity index (χ0v) is 12.6. The van der Waals surface area contributed by atoms with Gasteiger partial charge in [0.2, 0.25) is 0 Å². The van der Waals surface area contributed by atoms with Crippen LogP contribution in [0.25, 0.3) is 0 Å². The minimum Gasteiger partial charge on any atom is -0.371 e. The Morgan fingerprint density at radius 2 is 2.06 bits per heavy atom. The molecule has 0 N–H and O–H groups in total. The van der Waals surface area contributed by atoms with Crippen molar-refractivity contribution < 1.29 is 0 Å². The molecule has 0 aromatic heterocycles. The van der Waals surface area contributed by atoms with Gasteiger partial charge in [0.05, 0.1) is 0 Å². The Labute approximate surface area is 113 Å². The van der Waals surface area contributed by atoms with Crippen LogP contribution >= 0.6 is 15.9 Å². The van der Waals surface area contributed by atoms with E-state index in [1.165, 1.54) is 36.3 Å². The Hall–Kier alpha value is -0.500. The van der Waals surface area contributed by atoms with Gasteiger partial charge < -0.3 is 4.90 Å². The van der Waals surface area contributed by atoms with Crippen LogP contribution in [0.5, 0.6) is 0 Å². The lowest BCUT2D eigenvalue weighted by molar-refractivity contribution is 0.323. The van der Waals surface area contributed by atoms with Gasteiger partial charge in [0, 0.05) is 24.1 Å². The molecular formula is C15H22BrN. The summed E-state index contributed by atoms with van der Waals surface area (Å²) in [4.78, 5) is 2.56. The lowest BCUT2D eigenvalue weighted by Gasteiger charge is -2.37. The van der Waals surface area contributed by atoms with Crippen molar-refractivity contribution in [1.29, 1.82) is 0 Å². The van der Waals surface area contributed by atoms with E-state index in [9.17, 15) is 0 Å². The van der Waals surface area contributed by atoms with E-state index >= 15 is 0 Å². The van der Waals surface area contributed by atoms with Crippen molar-refractivity contribution in [1.82, 2.24) is 0 Å². The Morgan fingerprint density at radius 1 is 1.29 bits per heavy atom. The van der Waals surface area contributed by atoms with Crippen molar-refractivity contribution in [3.8, 4) is 0 Å². The van der Waals surface area contributed by atoms with Crippen molar-refractivity contribution >= 4 is 21.6 Å². The van der Waals surface area contributed by atoms with Crippen molar-refractivity contribution in [2.75, 3.05) is 18.0 Å². The fourth-order valence-electron chi connectivity index (χ4n) is 2.61. The largest absolute Gasteiger partial charge is 0.371 e. The van der Waals surface area contributed by atoms with Gasteiger partial charge in [-0.05, 0) is 36.8 Å². The molecule has 0 bridgehead atoms. The smallest absolute Gasteiger partial charge is 0.0407 e. The van der Waals surface area contributed by atoms with Crippen molar-refractivity contribution in [2.24, 2.45) is 11.8 Å². The van der Waals surface area contributed by atoms with Gasteiger partial charge in [-0.1, -0.05) is 47.5 Å². The van der Waals surface area contributed by atoms with Crippen molar-refractivity contribution in [3.05, 3.63) is 29.3 Å². The maximum absolute atomic E-state index is 3.61. The third kappa shape index (κ3) is 2.85. The molecule has 0 amide bonds. The molecule has 0 radical (unpaired) electrons. The molecule has 2 unspecified atom stereocenters. The molecule has 2 rings (SSSR count). The number of alkyl halides is 1. The maximum Gasteiger partial charge on any atom is 0.0407 e. The predicted octanol–water partition coefficient (Wildman–Crippen LogP) is 4.37. The highest BCUT2D eigenvalue weighted by Crippen LogP contribution is 2.30. The number of piperidine rings is 1. The lowest BCUT2D eigenvalue weighted by atomic mass is 9.88. The van der Waals surface area contributed by atoms with Gasteiger partial charge in [0.25, 0.3) is 0 Å². The average molecular weight is 296 g/mol. The monoisotopic (exact) mass is 295 g/mol.